The molecular formula is C30H33N3O5. The molecule has 0 saturated carbocycles. The predicted octanol–water partition coefficient (Wildman–Crippen LogP) is 3.20. The highest BCUT2D eigenvalue weighted by Gasteiger charge is 2.40. The molecule has 1 aromatic heterocycles. The normalized spacial score (nSPS) is 23.6. The highest BCUT2D eigenvalue weighted by atomic mass is 16.5. The predicted molar refractivity (Wildman–Crippen MR) is 142 cm³/mol. The van der Waals surface area contributed by atoms with Crippen molar-refractivity contribution in [1.82, 2.24) is 15.2 Å². The van der Waals surface area contributed by atoms with Crippen molar-refractivity contribution in [1.29, 1.82) is 0 Å². The first kappa shape index (κ1) is 26.0. The maximum absolute atomic E-state index is 13.3. The average Bonchev–Trinajstić information content (AvgIpc) is 2.95. The lowest BCUT2D eigenvalue weighted by Gasteiger charge is -2.44. The molecular weight excluding hydrogens is 482 g/mol. The maximum atomic E-state index is 13.3. The minimum atomic E-state index is -0.776. The van der Waals surface area contributed by atoms with Gasteiger partial charge in [0.1, 0.15) is 6.10 Å². The van der Waals surface area contributed by atoms with Crippen LogP contribution in [0.2, 0.25) is 0 Å². The van der Waals surface area contributed by atoms with E-state index >= 15 is 0 Å². The van der Waals surface area contributed by atoms with E-state index in [4.69, 9.17) is 9.47 Å². The van der Waals surface area contributed by atoms with Crippen LogP contribution in [0.3, 0.4) is 0 Å². The second kappa shape index (κ2) is 12.3. The molecule has 38 heavy (non-hydrogen) atoms. The van der Waals surface area contributed by atoms with Gasteiger partial charge in [0.25, 0.3) is 5.91 Å². The van der Waals surface area contributed by atoms with Gasteiger partial charge in [-0.25, -0.2) is 0 Å². The van der Waals surface area contributed by atoms with Crippen LogP contribution in [0.15, 0.2) is 79.1 Å². The zero-order chi connectivity index (χ0) is 26.3. The summed E-state index contributed by atoms with van der Waals surface area (Å²) in [7, 11) is 0. The molecule has 0 bridgehead atoms. The van der Waals surface area contributed by atoms with Gasteiger partial charge < -0.3 is 24.8 Å². The SMILES string of the molecule is O=C(C[C@H]1CC[C@@H]2[C@H](COC[C@@H](O)CN2C(=O)c2cccnc2)O1)NCc1ccc(-c2ccccc2)cc1. The van der Waals surface area contributed by atoms with Crippen LogP contribution in [0.25, 0.3) is 11.1 Å². The van der Waals surface area contributed by atoms with Crippen molar-refractivity contribution in [3.63, 3.8) is 0 Å². The second-order valence-electron chi connectivity index (χ2n) is 9.88. The number of ether oxygens (including phenoxy) is 2. The van der Waals surface area contributed by atoms with E-state index in [-0.39, 0.29) is 56.2 Å². The number of carbonyl (C=O) groups excluding carboxylic acids is 2. The van der Waals surface area contributed by atoms with Crippen LogP contribution in [0.4, 0.5) is 0 Å². The number of hydrogen-bond donors (Lipinski definition) is 2. The minimum Gasteiger partial charge on any atom is -0.389 e. The van der Waals surface area contributed by atoms with Crippen LogP contribution in [0.1, 0.15) is 35.2 Å². The number of rotatable bonds is 6. The molecule has 2 fully saturated rings. The van der Waals surface area contributed by atoms with E-state index in [1.54, 1.807) is 23.2 Å². The van der Waals surface area contributed by atoms with Crippen LogP contribution in [-0.2, 0) is 20.8 Å². The lowest BCUT2D eigenvalue weighted by molar-refractivity contribution is -0.151. The molecule has 2 amide bonds. The molecule has 0 aliphatic carbocycles. The standard InChI is InChI=1S/C30H33N3O5/c34-25-18-33(30(36)24-7-4-14-31-17-24)27-13-12-26(38-28(27)20-37-19-25)15-29(35)32-16-21-8-10-23(11-9-21)22-5-2-1-3-6-22/h1-11,14,17,25-28,34H,12-13,15-16,18-20H2,(H,32,35)/t25-,26+,27+,28-/m0/s1. The van der Waals surface area contributed by atoms with Gasteiger partial charge in [-0.1, -0.05) is 54.6 Å². The monoisotopic (exact) mass is 515 g/mol. The molecule has 198 valence electrons. The number of aliphatic hydroxyl groups excluding tert-OH is 1. The van der Waals surface area contributed by atoms with E-state index < -0.39 is 6.10 Å². The summed E-state index contributed by atoms with van der Waals surface area (Å²) in [4.78, 5) is 31.7. The Hall–Kier alpha value is -3.59. The molecule has 3 heterocycles. The van der Waals surface area contributed by atoms with Crippen LogP contribution < -0.4 is 5.32 Å². The van der Waals surface area contributed by atoms with Gasteiger partial charge in [0.05, 0.1) is 43.4 Å². The molecule has 2 N–H and O–H groups in total. The van der Waals surface area contributed by atoms with Gasteiger partial charge in [-0.15, -0.1) is 0 Å². The molecule has 3 aromatic rings. The number of benzene rings is 2. The van der Waals surface area contributed by atoms with Crippen LogP contribution in [0, 0.1) is 0 Å². The smallest absolute Gasteiger partial charge is 0.255 e. The van der Waals surface area contributed by atoms with Crippen molar-refractivity contribution in [3.05, 3.63) is 90.3 Å². The fourth-order valence-electron chi connectivity index (χ4n) is 5.15. The Morgan fingerprint density at radius 3 is 2.53 bits per heavy atom. The summed E-state index contributed by atoms with van der Waals surface area (Å²) in [6, 6.07) is 21.5. The number of fused-ring (bicyclic) bond motifs is 1. The van der Waals surface area contributed by atoms with E-state index in [2.05, 4.69) is 34.6 Å². The van der Waals surface area contributed by atoms with Gasteiger partial charge >= 0.3 is 0 Å². The minimum absolute atomic E-state index is 0.0777. The summed E-state index contributed by atoms with van der Waals surface area (Å²) < 4.78 is 12.0. The summed E-state index contributed by atoms with van der Waals surface area (Å²) in [5.74, 6) is -0.266. The Labute approximate surface area is 222 Å². The van der Waals surface area contributed by atoms with Crippen LogP contribution in [0.5, 0.6) is 0 Å². The Bertz CT molecular complexity index is 1210. The summed E-state index contributed by atoms with van der Waals surface area (Å²) in [5.41, 5.74) is 3.79. The summed E-state index contributed by atoms with van der Waals surface area (Å²) >= 11 is 0. The first-order chi connectivity index (χ1) is 18.6. The molecule has 0 radical (unpaired) electrons. The first-order valence-electron chi connectivity index (χ1n) is 13.1. The quantitative estimate of drug-likeness (QED) is 0.523. The number of aliphatic hydroxyl groups is 1. The van der Waals surface area contributed by atoms with Crippen molar-refractivity contribution in [2.24, 2.45) is 0 Å². The van der Waals surface area contributed by atoms with Crippen LogP contribution >= 0.6 is 0 Å². The summed E-state index contributed by atoms with van der Waals surface area (Å²) in [6.07, 6.45) is 3.27. The summed E-state index contributed by atoms with van der Waals surface area (Å²) in [5, 5.41) is 13.3. The van der Waals surface area contributed by atoms with Gasteiger partial charge in [0.2, 0.25) is 5.91 Å². The van der Waals surface area contributed by atoms with Crippen molar-refractivity contribution < 1.29 is 24.2 Å². The third-order valence-electron chi connectivity index (χ3n) is 7.11. The van der Waals surface area contributed by atoms with Gasteiger partial charge in [0, 0.05) is 25.5 Å². The van der Waals surface area contributed by atoms with Crippen molar-refractivity contribution in [3.8, 4) is 11.1 Å². The molecule has 2 aliphatic heterocycles. The Kier molecular flexibility index (Phi) is 8.43. The number of nitrogens with zero attached hydrogens (tertiary/aromatic N) is 2. The molecule has 2 aromatic carbocycles. The average molecular weight is 516 g/mol. The lowest BCUT2D eigenvalue weighted by Crippen LogP contribution is -2.57. The summed E-state index contributed by atoms with van der Waals surface area (Å²) in [6.45, 7) is 0.982. The Morgan fingerprint density at radius 1 is 0.974 bits per heavy atom. The maximum Gasteiger partial charge on any atom is 0.255 e. The van der Waals surface area contributed by atoms with Crippen molar-refractivity contribution in [2.45, 2.75) is 50.2 Å². The van der Waals surface area contributed by atoms with Gasteiger partial charge in [-0.05, 0) is 41.7 Å². The van der Waals surface area contributed by atoms with E-state index in [9.17, 15) is 14.7 Å². The zero-order valence-electron chi connectivity index (χ0n) is 21.2. The number of amides is 2. The lowest BCUT2D eigenvalue weighted by atomic mass is 9.94. The number of carbonyl (C=O) groups is 2. The van der Waals surface area contributed by atoms with E-state index in [0.717, 1.165) is 16.7 Å². The molecule has 2 aliphatic rings. The number of pyridine rings is 1. The molecule has 5 rings (SSSR count). The number of aromatic nitrogens is 1. The van der Waals surface area contributed by atoms with Gasteiger partial charge in [-0.3, -0.25) is 14.6 Å². The molecule has 8 nitrogen and oxygen atoms in total. The van der Waals surface area contributed by atoms with E-state index in [1.807, 2.05) is 30.3 Å². The fourth-order valence-corrected chi connectivity index (χ4v) is 5.15. The highest BCUT2D eigenvalue weighted by Crippen LogP contribution is 2.29. The molecule has 0 spiro atoms. The Balaban J connectivity index is 1.16. The van der Waals surface area contributed by atoms with Crippen molar-refractivity contribution >= 4 is 11.8 Å². The zero-order valence-corrected chi connectivity index (χ0v) is 21.2. The Morgan fingerprint density at radius 2 is 1.76 bits per heavy atom. The molecule has 2 saturated heterocycles. The molecule has 4 atom stereocenters. The topological polar surface area (TPSA) is 101 Å². The van der Waals surface area contributed by atoms with E-state index in [1.165, 1.54) is 6.20 Å². The first-order valence-corrected chi connectivity index (χ1v) is 13.1. The fraction of sp³-hybridized carbons (Fsp3) is 0.367. The second-order valence-corrected chi connectivity index (χ2v) is 9.88. The number of nitrogens with one attached hydrogen (secondary N) is 1. The third-order valence-corrected chi connectivity index (χ3v) is 7.11. The van der Waals surface area contributed by atoms with Gasteiger partial charge in [-0.2, -0.15) is 0 Å². The molecule has 8 heteroatoms. The highest BCUT2D eigenvalue weighted by molar-refractivity contribution is 5.94. The number of β-amino-alcohol motifs (C(OH)–C–C–N with tert-alkyl or cyclic N) is 1. The largest absolute Gasteiger partial charge is 0.389 e. The molecule has 0 unspecified atom stereocenters. The number of hydrogen-bond acceptors (Lipinski definition) is 6. The van der Waals surface area contributed by atoms with Gasteiger partial charge in [0.15, 0.2) is 0 Å². The van der Waals surface area contributed by atoms with Crippen LogP contribution in [-0.4, -0.2) is 70.9 Å². The third kappa shape index (κ3) is 6.45. The van der Waals surface area contributed by atoms with E-state index in [0.29, 0.717) is 24.9 Å². The van der Waals surface area contributed by atoms with Crippen molar-refractivity contribution in [2.75, 3.05) is 19.8 Å².